The third kappa shape index (κ3) is 4.34. The maximum absolute atomic E-state index is 14.3. The molecule has 2 aromatic carbocycles. The maximum Gasteiger partial charge on any atom is 0.233 e. The van der Waals surface area contributed by atoms with Crippen LogP contribution in [0.1, 0.15) is 24.4 Å². The lowest BCUT2D eigenvalue weighted by Gasteiger charge is -2.18. The van der Waals surface area contributed by atoms with Crippen LogP contribution in [0.5, 0.6) is 0 Å². The number of carbonyl (C=O) groups excluding carboxylic acids is 1. The van der Waals surface area contributed by atoms with E-state index in [-0.39, 0.29) is 40.6 Å². The van der Waals surface area contributed by atoms with Crippen LogP contribution in [0.4, 0.5) is 8.78 Å². The van der Waals surface area contributed by atoms with Gasteiger partial charge in [-0.15, -0.1) is 10.2 Å². The highest BCUT2D eigenvalue weighted by molar-refractivity contribution is 7.99. The van der Waals surface area contributed by atoms with E-state index in [0.29, 0.717) is 16.5 Å². The van der Waals surface area contributed by atoms with Gasteiger partial charge < -0.3 is 4.90 Å². The lowest BCUT2D eigenvalue weighted by Crippen LogP contribution is -2.28. The van der Waals surface area contributed by atoms with Gasteiger partial charge in [0.05, 0.1) is 11.3 Å². The molecule has 0 atom stereocenters. The van der Waals surface area contributed by atoms with E-state index < -0.39 is 5.82 Å². The summed E-state index contributed by atoms with van der Waals surface area (Å²) in [5.41, 5.74) is 0.671. The molecule has 0 spiro atoms. The van der Waals surface area contributed by atoms with E-state index >= 15 is 0 Å². The van der Waals surface area contributed by atoms with E-state index in [1.165, 1.54) is 34.9 Å². The summed E-state index contributed by atoms with van der Waals surface area (Å²) in [4.78, 5) is 14.0. The number of hydrogen-bond donors (Lipinski definition) is 0. The van der Waals surface area contributed by atoms with Crippen molar-refractivity contribution in [2.75, 3.05) is 12.8 Å². The minimum Gasteiger partial charge on any atom is -0.341 e. The molecule has 0 bridgehead atoms. The van der Waals surface area contributed by atoms with Crippen molar-refractivity contribution in [3.05, 3.63) is 64.7 Å². The molecule has 3 aromatic rings. The van der Waals surface area contributed by atoms with Crippen LogP contribution in [-0.4, -0.2) is 38.4 Å². The van der Waals surface area contributed by atoms with Crippen LogP contribution in [-0.2, 0) is 11.3 Å². The van der Waals surface area contributed by atoms with Crippen LogP contribution in [0.25, 0.3) is 11.4 Å². The van der Waals surface area contributed by atoms with Crippen LogP contribution >= 0.6 is 23.4 Å². The number of nitrogens with zero attached hydrogens (tertiary/aromatic N) is 4. The number of benzene rings is 2. The largest absolute Gasteiger partial charge is 0.341 e. The quantitative estimate of drug-likeness (QED) is 0.479. The van der Waals surface area contributed by atoms with Gasteiger partial charge in [-0.25, -0.2) is 8.78 Å². The van der Waals surface area contributed by atoms with Crippen LogP contribution < -0.4 is 0 Å². The number of aromatic nitrogens is 3. The number of rotatable bonds is 7. The smallest absolute Gasteiger partial charge is 0.233 e. The van der Waals surface area contributed by atoms with Gasteiger partial charge in [0, 0.05) is 30.2 Å². The zero-order valence-corrected chi connectivity index (χ0v) is 17.8. The van der Waals surface area contributed by atoms with Gasteiger partial charge >= 0.3 is 0 Å². The molecule has 1 aliphatic carbocycles. The van der Waals surface area contributed by atoms with Crippen molar-refractivity contribution in [3.63, 3.8) is 0 Å². The maximum atomic E-state index is 14.3. The first-order valence-electron chi connectivity index (χ1n) is 9.45. The van der Waals surface area contributed by atoms with E-state index in [1.807, 2.05) is 4.57 Å². The van der Waals surface area contributed by atoms with Gasteiger partial charge in [0.2, 0.25) is 5.91 Å². The average molecular weight is 449 g/mol. The fourth-order valence-corrected chi connectivity index (χ4v) is 4.28. The summed E-state index contributed by atoms with van der Waals surface area (Å²) in [6.45, 7) is 0.0701. The monoisotopic (exact) mass is 448 g/mol. The lowest BCUT2D eigenvalue weighted by molar-refractivity contribution is -0.127. The van der Waals surface area contributed by atoms with Crippen molar-refractivity contribution in [3.8, 4) is 11.4 Å². The van der Waals surface area contributed by atoms with E-state index in [0.717, 1.165) is 12.8 Å². The highest BCUT2D eigenvalue weighted by Crippen LogP contribution is 2.41. The molecule has 1 heterocycles. The Morgan fingerprint density at radius 2 is 1.90 bits per heavy atom. The Morgan fingerprint density at radius 1 is 1.17 bits per heavy atom. The molecule has 0 aliphatic heterocycles. The zero-order chi connectivity index (χ0) is 21.3. The fraction of sp³-hybridized carbons (Fsp3) is 0.286. The minimum atomic E-state index is -0.446. The van der Waals surface area contributed by atoms with Crippen molar-refractivity contribution in [2.45, 2.75) is 30.6 Å². The van der Waals surface area contributed by atoms with Crippen molar-refractivity contribution in [2.24, 2.45) is 0 Å². The molecule has 9 heteroatoms. The second-order valence-electron chi connectivity index (χ2n) is 7.13. The molecule has 1 aliphatic rings. The highest BCUT2D eigenvalue weighted by atomic mass is 35.5. The molecule has 0 unspecified atom stereocenters. The van der Waals surface area contributed by atoms with E-state index in [1.54, 1.807) is 31.3 Å². The van der Waals surface area contributed by atoms with Gasteiger partial charge in [0.15, 0.2) is 11.0 Å². The molecule has 30 heavy (non-hydrogen) atoms. The Hall–Kier alpha value is -2.45. The first kappa shape index (κ1) is 20.8. The van der Waals surface area contributed by atoms with Crippen LogP contribution in [0.2, 0.25) is 5.02 Å². The summed E-state index contributed by atoms with van der Waals surface area (Å²) in [5, 5.41) is 9.23. The molecule has 0 radical (unpaired) electrons. The van der Waals surface area contributed by atoms with Crippen molar-refractivity contribution < 1.29 is 13.6 Å². The van der Waals surface area contributed by atoms with Gasteiger partial charge in [0.1, 0.15) is 11.6 Å². The molecule has 1 saturated carbocycles. The lowest BCUT2D eigenvalue weighted by atomic mass is 10.2. The Labute approximate surface area is 182 Å². The van der Waals surface area contributed by atoms with Crippen LogP contribution in [0.3, 0.4) is 0 Å². The molecular weight excluding hydrogens is 430 g/mol. The Morgan fingerprint density at radius 3 is 2.60 bits per heavy atom. The van der Waals surface area contributed by atoms with E-state index in [2.05, 4.69) is 10.2 Å². The topological polar surface area (TPSA) is 51.0 Å². The summed E-state index contributed by atoms with van der Waals surface area (Å²) in [6.07, 6.45) is 1.93. The molecule has 1 fully saturated rings. The first-order chi connectivity index (χ1) is 14.5. The van der Waals surface area contributed by atoms with E-state index in [4.69, 9.17) is 11.6 Å². The number of thioether (sulfide) groups is 1. The van der Waals surface area contributed by atoms with Gasteiger partial charge in [-0.1, -0.05) is 41.6 Å². The van der Waals surface area contributed by atoms with Crippen molar-refractivity contribution in [1.29, 1.82) is 0 Å². The number of amides is 1. The molecule has 5 nitrogen and oxygen atoms in total. The molecule has 0 saturated heterocycles. The molecular formula is C21H19ClF2N4OS. The number of hydrogen-bond acceptors (Lipinski definition) is 4. The first-order valence-corrected chi connectivity index (χ1v) is 10.8. The summed E-state index contributed by atoms with van der Waals surface area (Å²) in [7, 11) is 1.60. The standard InChI is InChI=1S/C21H19ClF2N4OS/c1-27(11-15-16(22)6-4-8-18(15)24)19(29)12-30-21-26-25-20(28(21)13-9-10-13)14-5-2-3-7-17(14)23/h2-8,13H,9-12H2,1H3. The normalized spacial score (nSPS) is 13.5. The van der Waals surface area contributed by atoms with Crippen LogP contribution in [0.15, 0.2) is 47.6 Å². The predicted octanol–water partition coefficient (Wildman–Crippen LogP) is 4.96. The summed E-state index contributed by atoms with van der Waals surface area (Å²) in [5.74, 6) is -0.432. The fourth-order valence-electron chi connectivity index (χ4n) is 3.11. The molecule has 4 rings (SSSR count). The third-order valence-electron chi connectivity index (χ3n) is 4.90. The van der Waals surface area contributed by atoms with Crippen molar-refractivity contribution in [1.82, 2.24) is 19.7 Å². The second-order valence-corrected chi connectivity index (χ2v) is 8.48. The summed E-state index contributed by atoms with van der Waals surface area (Å²) >= 11 is 7.29. The van der Waals surface area contributed by atoms with E-state index in [9.17, 15) is 13.6 Å². The molecule has 0 N–H and O–H groups in total. The average Bonchev–Trinajstić information content (AvgIpc) is 3.48. The number of halogens is 3. The van der Waals surface area contributed by atoms with Gasteiger partial charge in [-0.05, 0) is 37.1 Å². The minimum absolute atomic E-state index is 0.0701. The second kappa shape index (κ2) is 8.73. The Balaban J connectivity index is 1.47. The van der Waals surface area contributed by atoms with Crippen LogP contribution in [0, 0.1) is 11.6 Å². The van der Waals surface area contributed by atoms with Gasteiger partial charge in [-0.3, -0.25) is 9.36 Å². The zero-order valence-electron chi connectivity index (χ0n) is 16.2. The van der Waals surface area contributed by atoms with Gasteiger partial charge in [0.25, 0.3) is 0 Å². The molecule has 156 valence electrons. The SMILES string of the molecule is CN(Cc1c(F)cccc1Cl)C(=O)CSc1nnc(-c2ccccc2F)n1C1CC1. The molecule has 1 amide bonds. The summed E-state index contributed by atoms with van der Waals surface area (Å²) < 4.78 is 30.1. The summed E-state index contributed by atoms with van der Waals surface area (Å²) in [6, 6.07) is 11.1. The van der Waals surface area contributed by atoms with Gasteiger partial charge in [-0.2, -0.15) is 0 Å². The number of carbonyl (C=O) groups is 1. The van der Waals surface area contributed by atoms with Crippen molar-refractivity contribution >= 4 is 29.3 Å². The predicted molar refractivity (Wildman–Crippen MR) is 112 cm³/mol. The Bertz CT molecular complexity index is 1070. The highest BCUT2D eigenvalue weighted by Gasteiger charge is 2.31. The molecule has 1 aromatic heterocycles. The third-order valence-corrected chi connectivity index (χ3v) is 6.18. The Kier molecular flexibility index (Phi) is 6.06.